The average molecular weight is 489 g/mol. The lowest BCUT2D eigenvalue weighted by molar-refractivity contribution is -0.143. The van der Waals surface area contributed by atoms with E-state index in [0.717, 1.165) is 12.1 Å². The third-order valence-corrected chi connectivity index (χ3v) is 6.84. The van der Waals surface area contributed by atoms with Crippen LogP contribution < -0.4 is 15.4 Å². The SMILES string of the molecule is O=C(NCCNC(=O)C1CC=C(Cl)S1)c1cc(F)c(OC2CCC(C(=O)O)CC2)cc1F. The molecule has 7 nitrogen and oxygen atoms in total. The molecule has 1 aromatic rings. The van der Waals surface area contributed by atoms with Crippen molar-refractivity contribution in [3.63, 3.8) is 0 Å². The van der Waals surface area contributed by atoms with Crippen molar-refractivity contribution in [2.75, 3.05) is 13.1 Å². The van der Waals surface area contributed by atoms with Gasteiger partial charge in [-0.05, 0) is 38.2 Å². The Balaban J connectivity index is 1.47. The second-order valence-electron chi connectivity index (χ2n) is 7.59. The Morgan fingerprint density at radius 2 is 1.78 bits per heavy atom. The Hall–Kier alpha value is -2.33. The van der Waals surface area contributed by atoms with Crippen LogP contribution >= 0.6 is 23.4 Å². The van der Waals surface area contributed by atoms with Gasteiger partial charge >= 0.3 is 5.97 Å². The van der Waals surface area contributed by atoms with Crippen molar-refractivity contribution in [3.8, 4) is 5.75 Å². The van der Waals surface area contributed by atoms with Crippen molar-refractivity contribution < 1.29 is 33.0 Å². The number of rotatable bonds is 8. The van der Waals surface area contributed by atoms with Gasteiger partial charge in [0, 0.05) is 19.2 Å². The Labute approximate surface area is 192 Å². The van der Waals surface area contributed by atoms with Crippen LogP contribution in [0.15, 0.2) is 22.6 Å². The molecule has 3 N–H and O–H groups in total. The predicted octanol–water partition coefficient (Wildman–Crippen LogP) is 3.42. The number of carboxylic acids is 1. The van der Waals surface area contributed by atoms with Gasteiger partial charge in [0.25, 0.3) is 5.91 Å². The molecule has 174 valence electrons. The Kier molecular flexibility index (Phi) is 8.36. The molecule has 1 saturated carbocycles. The van der Waals surface area contributed by atoms with Crippen LogP contribution in [0.4, 0.5) is 8.78 Å². The molecule has 2 aliphatic rings. The molecule has 0 spiro atoms. The van der Waals surface area contributed by atoms with Gasteiger partial charge in [0.1, 0.15) is 5.82 Å². The molecule has 11 heteroatoms. The molecule has 32 heavy (non-hydrogen) atoms. The smallest absolute Gasteiger partial charge is 0.306 e. The van der Waals surface area contributed by atoms with E-state index in [4.69, 9.17) is 21.4 Å². The van der Waals surface area contributed by atoms with E-state index < -0.39 is 41.1 Å². The molecule has 0 aromatic heterocycles. The molecule has 1 fully saturated rings. The van der Waals surface area contributed by atoms with E-state index in [1.54, 1.807) is 6.08 Å². The molecule has 1 aliphatic heterocycles. The fourth-order valence-electron chi connectivity index (χ4n) is 3.56. The normalized spacial score (nSPS) is 22.7. The van der Waals surface area contributed by atoms with Crippen molar-refractivity contribution in [2.45, 2.75) is 43.5 Å². The zero-order valence-electron chi connectivity index (χ0n) is 17.0. The maximum atomic E-state index is 14.4. The maximum absolute atomic E-state index is 14.4. The molecular weight excluding hydrogens is 466 g/mol. The number of carbonyl (C=O) groups excluding carboxylic acids is 2. The lowest BCUT2D eigenvalue weighted by Crippen LogP contribution is -2.38. The number of aliphatic carboxylic acids is 1. The second-order valence-corrected chi connectivity index (χ2v) is 9.47. The monoisotopic (exact) mass is 488 g/mol. The predicted molar refractivity (Wildman–Crippen MR) is 116 cm³/mol. The summed E-state index contributed by atoms with van der Waals surface area (Å²) in [6, 6.07) is 1.59. The van der Waals surface area contributed by atoms with Gasteiger partial charge in [-0.1, -0.05) is 17.7 Å². The van der Waals surface area contributed by atoms with Crippen molar-refractivity contribution in [3.05, 3.63) is 39.8 Å². The quantitative estimate of drug-likeness (QED) is 0.484. The van der Waals surface area contributed by atoms with E-state index in [9.17, 15) is 23.2 Å². The van der Waals surface area contributed by atoms with Gasteiger partial charge in [-0.3, -0.25) is 14.4 Å². The first-order chi connectivity index (χ1) is 15.2. The molecule has 1 unspecified atom stereocenters. The molecule has 1 aromatic carbocycles. The van der Waals surface area contributed by atoms with Gasteiger partial charge in [0.05, 0.1) is 27.2 Å². The highest BCUT2D eigenvalue weighted by Gasteiger charge is 2.28. The minimum atomic E-state index is -0.940. The summed E-state index contributed by atoms with van der Waals surface area (Å²) in [6.07, 6.45) is 3.53. The van der Waals surface area contributed by atoms with Gasteiger partial charge in [-0.25, -0.2) is 8.78 Å². The third kappa shape index (κ3) is 6.35. The van der Waals surface area contributed by atoms with Gasteiger partial charge < -0.3 is 20.5 Å². The number of halogens is 3. The molecule has 0 radical (unpaired) electrons. The molecule has 0 saturated heterocycles. The lowest BCUT2D eigenvalue weighted by Gasteiger charge is -2.27. The number of ether oxygens (including phenoxy) is 1. The molecule has 2 amide bonds. The number of carbonyl (C=O) groups is 3. The molecule has 3 rings (SSSR count). The minimum absolute atomic E-state index is 0.0370. The summed E-state index contributed by atoms with van der Waals surface area (Å²) in [6.45, 7) is 0.165. The molecular formula is C21H23ClF2N2O5S. The molecule has 0 bridgehead atoms. The van der Waals surface area contributed by atoms with Crippen LogP contribution in [-0.4, -0.2) is 47.3 Å². The largest absolute Gasteiger partial charge is 0.487 e. The Morgan fingerprint density at radius 1 is 1.09 bits per heavy atom. The zero-order valence-corrected chi connectivity index (χ0v) is 18.6. The summed E-state index contributed by atoms with van der Waals surface area (Å²) in [7, 11) is 0. The summed E-state index contributed by atoms with van der Waals surface area (Å²) in [5, 5.41) is 13.8. The molecule has 1 aliphatic carbocycles. The fraction of sp³-hybridized carbons (Fsp3) is 0.476. The Bertz CT molecular complexity index is 922. The number of carboxylic acid groups (broad SMARTS) is 1. The van der Waals surface area contributed by atoms with Crippen LogP contribution in [0.25, 0.3) is 0 Å². The fourth-order valence-corrected chi connectivity index (χ4v) is 4.82. The van der Waals surface area contributed by atoms with E-state index in [2.05, 4.69) is 10.6 Å². The third-order valence-electron chi connectivity index (χ3n) is 5.33. The maximum Gasteiger partial charge on any atom is 0.306 e. The van der Waals surface area contributed by atoms with E-state index in [-0.39, 0.29) is 30.0 Å². The van der Waals surface area contributed by atoms with Gasteiger partial charge in [-0.2, -0.15) is 0 Å². The standard InChI is InChI=1S/C21H23ClF2N2O5S/c22-18-6-5-17(32-18)20(28)26-8-7-25-19(27)13-9-15(24)16(10-14(13)23)31-12-3-1-11(2-4-12)21(29)30/h6,9-12,17H,1-5,7-8H2,(H,25,27)(H,26,28)(H,29,30). The highest BCUT2D eigenvalue weighted by atomic mass is 35.5. The first-order valence-corrected chi connectivity index (χ1v) is 11.5. The van der Waals surface area contributed by atoms with E-state index in [1.165, 1.54) is 11.8 Å². The van der Waals surface area contributed by atoms with Gasteiger partial charge in [0.15, 0.2) is 11.6 Å². The van der Waals surface area contributed by atoms with E-state index in [1.807, 2.05) is 0 Å². The van der Waals surface area contributed by atoms with Crippen molar-refractivity contribution in [1.29, 1.82) is 0 Å². The van der Waals surface area contributed by atoms with Crippen LogP contribution in [0.3, 0.4) is 0 Å². The van der Waals surface area contributed by atoms with Crippen LogP contribution in [0.5, 0.6) is 5.75 Å². The summed E-state index contributed by atoms with van der Waals surface area (Å²) < 4.78 is 34.9. The first-order valence-electron chi connectivity index (χ1n) is 10.2. The highest BCUT2D eigenvalue weighted by molar-refractivity contribution is 8.06. The number of thioether (sulfide) groups is 1. The number of amides is 2. The summed E-state index contributed by atoms with van der Waals surface area (Å²) in [4.78, 5) is 35.2. The number of hydrogen-bond acceptors (Lipinski definition) is 5. The zero-order chi connectivity index (χ0) is 23.3. The number of allylic oxidation sites excluding steroid dienone is 1. The topological polar surface area (TPSA) is 105 Å². The van der Waals surface area contributed by atoms with E-state index >= 15 is 0 Å². The lowest BCUT2D eigenvalue weighted by atomic mass is 9.87. The summed E-state index contributed by atoms with van der Waals surface area (Å²) >= 11 is 7.07. The summed E-state index contributed by atoms with van der Waals surface area (Å²) in [5.74, 6) is -4.48. The van der Waals surface area contributed by atoms with E-state index in [0.29, 0.717) is 36.5 Å². The number of benzene rings is 1. The minimum Gasteiger partial charge on any atom is -0.487 e. The number of hydrogen-bond donors (Lipinski definition) is 3. The van der Waals surface area contributed by atoms with Crippen LogP contribution in [0.2, 0.25) is 0 Å². The second kappa shape index (κ2) is 11.0. The molecule has 1 heterocycles. The van der Waals surface area contributed by atoms with Crippen molar-refractivity contribution in [1.82, 2.24) is 10.6 Å². The average Bonchev–Trinajstić information content (AvgIpc) is 3.20. The number of nitrogens with one attached hydrogen (secondary N) is 2. The van der Waals surface area contributed by atoms with Crippen molar-refractivity contribution >= 4 is 41.1 Å². The van der Waals surface area contributed by atoms with Crippen LogP contribution in [-0.2, 0) is 9.59 Å². The van der Waals surface area contributed by atoms with Crippen LogP contribution in [0, 0.1) is 17.6 Å². The van der Waals surface area contributed by atoms with Crippen LogP contribution in [0.1, 0.15) is 42.5 Å². The first kappa shape index (κ1) is 24.3. The molecule has 1 atom stereocenters. The Morgan fingerprint density at radius 3 is 2.41 bits per heavy atom. The van der Waals surface area contributed by atoms with Gasteiger partial charge in [-0.15, -0.1) is 11.8 Å². The highest BCUT2D eigenvalue weighted by Crippen LogP contribution is 2.34. The van der Waals surface area contributed by atoms with Crippen molar-refractivity contribution in [2.24, 2.45) is 5.92 Å². The van der Waals surface area contributed by atoms with Gasteiger partial charge in [0.2, 0.25) is 5.91 Å². The summed E-state index contributed by atoms with van der Waals surface area (Å²) in [5.41, 5.74) is -0.474.